The van der Waals surface area contributed by atoms with Gasteiger partial charge < -0.3 is 0 Å². The molecular weight excluding hydrogens is 317 g/mol. The van der Waals surface area contributed by atoms with Crippen molar-refractivity contribution in [3.05, 3.63) is 35.9 Å². The third kappa shape index (κ3) is 3.31. The molecule has 1 aromatic rings. The molecule has 2 rings (SSSR count). The summed E-state index contributed by atoms with van der Waals surface area (Å²) in [6.45, 7) is 4.73. The Morgan fingerprint density at radius 3 is 2.80 bits per heavy atom. The molecule has 1 fully saturated rings. The fourth-order valence-corrected chi connectivity index (χ4v) is 3.12. The van der Waals surface area contributed by atoms with Gasteiger partial charge in [0.2, 0.25) is 0 Å². The third-order valence-electron chi connectivity index (χ3n) is 3.76. The van der Waals surface area contributed by atoms with E-state index in [4.69, 9.17) is 4.74 Å². The van der Waals surface area contributed by atoms with E-state index < -0.39 is 0 Å². The molecule has 1 aliphatic heterocycles. The van der Waals surface area contributed by atoms with Gasteiger partial charge in [0.05, 0.1) is 0 Å². The predicted octanol–water partition coefficient (Wildman–Crippen LogP) is 2.46. The molecule has 3 nitrogen and oxygen atoms in total. The molecule has 4 heteroatoms. The van der Waals surface area contributed by atoms with Gasteiger partial charge in [-0.25, -0.2) is 0 Å². The van der Waals surface area contributed by atoms with Crippen LogP contribution in [-0.2, 0) is 9.53 Å². The van der Waals surface area contributed by atoms with Crippen molar-refractivity contribution < 1.29 is 9.53 Å². The zero-order valence-corrected chi connectivity index (χ0v) is 13.8. The van der Waals surface area contributed by atoms with Crippen LogP contribution in [0, 0.1) is 0 Å². The molecule has 1 aromatic carbocycles. The van der Waals surface area contributed by atoms with Gasteiger partial charge in [0.1, 0.15) is 0 Å². The van der Waals surface area contributed by atoms with Gasteiger partial charge in [-0.2, -0.15) is 0 Å². The number of carbonyl (C=O) groups excluding carboxylic acids is 1. The van der Waals surface area contributed by atoms with E-state index in [-0.39, 0.29) is 17.9 Å². The van der Waals surface area contributed by atoms with E-state index in [0.29, 0.717) is 11.3 Å². The van der Waals surface area contributed by atoms with Crippen molar-refractivity contribution in [1.82, 2.24) is 4.90 Å². The molecule has 0 bridgehead atoms. The zero-order valence-electron chi connectivity index (χ0n) is 12.0. The Hall–Kier alpha value is -1.12. The Balaban J connectivity index is 2.11. The fourth-order valence-electron chi connectivity index (χ4n) is 2.48. The van der Waals surface area contributed by atoms with Crippen LogP contribution in [0.2, 0.25) is 0 Å². The molecule has 0 unspecified atom stereocenters. The Labute approximate surface area is 128 Å². The molecular formula is C16H21NO2Se. The molecule has 0 radical (unpaired) electrons. The zero-order chi connectivity index (χ0) is 14.5. The quantitative estimate of drug-likeness (QED) is 0.772. The first-order valence-corrected chi connectivity index (χ1v) is 8.05. The summed E-state index contributed by atoms with van der Waals surface area (Å²) in [4.78, 5) is 14.5. The number of rotatable bonds is 5. The number of ether oxygens (including phenoxy) is 1. The Morgan fingerprint density at radius 1 is 1.45 bits per heavy atom. The van der Waals surface area contributed by atoms with E-state index in [0.717, 1.165) is 24.8 Å². The maximum absolute atomic E-state index is 12.7. The molecule has 1 amide bonds. The summed E-state index contributed by atoms with van der Waals surface area (Å²) in [5.74, 6) is -0.0334. The summed E-state index contributed by atoms with van der Waals surface area (Å²) in [5, 5.41) is 0. The van der Waals surface area contributed by atoms with Gasteiger partial charge in [0.25, 0.3) is 0 Å². The second-order valence-corrected chi connectivity index (χ2v) is 5.95. The number of hydrogen-bond donors (Lipinski definition) is 0. The minimum atomic E-state index is -0.148. The second-order valence-electron chi connectivity index (χ2n) is 5.21. The Bertz CT molecular complexity index is 475. The molecule has 20 heavy (non-hydrogen) atoms. The van der Waals surface area contributed by atoms with Gasteiger partial charge in [-0.05, 0) is 0 Å². The van der Waals surface area contributed by atoms with Crippen LogP contribution in [0.1, 0.15) is 44.6 Å². The van der Waals surface area contributed by atoms with Gasteiger partial charge in [-0.1, -0.05) is 0 Å². The van der Waals surface area contributed by atoms with Crippen LogP contribution >= 0.6 is 0 Å². The summed E-state index contributed by atoms with van der Waals surface area (Å²) in [6, 6.07) is 10.1. The van der Waals surface area contributed by atoms with Gasteiger partial charge >= 0.3 is 128 Å². The first kappa shape index (κ1) is 15.3. The van der Waals surface area contributed by atoms with Crippen LogP contribution in [-0.4, -0.2) is 43.8 Å². The number of benzene rings is 1. The third-order valence-corrected chi connectivity index (χ3v) is 4.42. The second kappa shape index (κ2) is 7.05. The van der Waals surface area contributed by atoms with Crippen LogP contribution in [0.3, 0.4) is 0 Å². The van der Waals surface area contributed by atoms with Crippen LogP contribution in [0.5, 0.6) is 0 Å². The van der Waals surface area contributed by atoms with Gasteiger partial charge in [-0.3, -0.25) is 0 Å². The number of amides is 1. The van der Waals surface area contributed by atoms with E-state index in [9.17, 15) is 4.79 Å². The molecule has 0 spiro atoms. The predicted molar refractivity (Wildman–Crippen MR) is 81.7 cm³/mol. The summed E-state index contributed by atoms with van der Waals surface area (Å²) < 4.78 is 6.17. The van der Waals surface area contributed by atoms with E-state index in [1.165, 1.54) is 0 Å². The van der Waals surface area contributed by atoms with Gasteiger partial charge in [0, 0.05) is 0 Å². The first-order valence-electron chi connectivity index (χ1n) is 7.20. The van der Waals surface area contributed by atoms with E-state index in [1.54, 1.807) is 0 Å². The molecule has 108 valence electrons. The van der Waals surface area contributed by atoms with Crippen molar-refractivity contribution in [2.75, 3.05) is 6.61 Å². The van der Waals surface area contributed by atoms with Crippen molar-refractivity contribution in [2.24, 2.45) is 0 Å². The fraction of sp³-hybridized carbons (Fsp3) is 0.500. The van der Waals surface area contributed by atoms with Crippen LogP contribution in [0.15, 0.2) is 30.3 Å². The normalized spacial score (nSPS) is 19.8. The van der Waals surface area contributed by atoms with Crippen molar-refractivity contribution in [3.63, 3.8) is 0 Å². The maximum atomic E-state index is 12.7. The molecule has 1 saturated heterocycles. The number of unbranched alkanes of at least 4 members (excludes halogenated alkanes) is 1. The molecule has 1 aliphatic rings. The monoisotopic (exact) mass is 339 g/mol. The average Bonchev–Trinajstić information content (AvgIpc) is 2.85. The Kier molecular flexibility index (Phi) is 5.38. The van der Waals surface area contributed by atoms with E-state index in [1.807, 2.05) is 42.2 Å². The van der Waals surface area contributed by atoms with Gasteiger partial charge in [0.15, 0.2) is 0 Å². The number of carbonyl (C=O) groups is 1. The SMILES string of the molecule is CCCC[C@H]1COC(=[Se])N1C(=O)[C@@H](C)c1ccccc1. The molecule has 0 N–H and O–H groups in total. The number of nitrogens with zero attached hydrogens (tertiary/aromatic N) is 1. The molecule has 0 aromatic heterocycles. The van der Waals surface area contributed by atoms with Crippen LogP contribution < -0.4 is 0 Å². The first-order chi connectivity index (χ1) is 9.65. The summed E-state index contributed by atoms with van der Waals surface area (Å²) in [5.41, 5.74) is 1.05. The van der Waals surface area contributed by atoms with E-state index >= 15 is 0 Å². The summed E-state index contributed by atoms with van der Waals surface area (Å²) >= 11 is 2.88. The molecule has 0 aliphatic carbocycles. The molecule has 2 atom stereocenters. The summed E-state index contributed by atoms with van der Waals surface area (Å²) in [7, 11) is 0. The average molecular weight is 338 g/mol. The van der Waals surface area contributed by atoms with Crippen molar-refractivity contribution in [1.29, 1.82) is 0 Å². The van der Waals surface area contributed by atoms with Crippen LogP contribution in [0.4, 0.5) is 0 Å². The Morgan fingerprint density at radius 2 is 2.15 bits per heavy atom. The van der Waals surface area contributed by atoms with Crippen molar-refractivity contribution >= 4 is 26.2 Å². The summed E-state index contributed by atoms with van der Waals surface area (Å²) in [6.07, 6.45) is 3.25. The van der Waals surface area contributed by atoms with Gasteiger partial charge in [-0.15, -0.1) is 0 Å². The van der Waals surface area contributed by atoms with Crippen molar-refractivity contribution in [3.8, 4) is 0 Å². The van der Waals surface area contributed by atoms with Crippen LogP contribution in [0.25, 0.3) is 0 Å². The molecule has 0 saturated carbocycles. The molecule has 1 heterocycles. The minimum absolute atomic E-state index is 0.114. The number of hydrogen-bond acceptors (Lipinski definition) is 2. The topological polar surface area (TPSA) is 29.5 Å². The van der Waals surface area contributed by atoms with Crippen molar-refractivity contribution in [2.45, 2.75) is 45.1 Å². The standard InChI is InChI=1S/C16H21NO2Se/c1-3-4-10-14-11-19-16(20)17(14)15(18)12(2)13-8-6-5-7-9-13/h5-9,12,14H,3-4,10-11H2,1-2H3/t12-,14-/m0/s1. The van der Waals surface area contributed by atoms with E-state index in [2.05, 4.69) is 22.5 Å².